The first-order valence-corrected chi connectivity index (χ1v) is 9.05. The van der Waals surface area contributed by atoms with Crippen molar-refractivity contribution in [3.63, 3.8) is 0 Å². The Balaban J connectivity index is 1.40. The highest BCUT2D eigenvalue weighted by Crippen LogP contribution is 2.29. The highest BCUT2D eigenvalue weighted by atomic mass is 35.5. The van der Waals surface area contributed by atoms with Crippen molar-refractivity contribution in [3.05, 3.63) is 76.8 Å². The fraction of sp³-hybridized carbons (Fsp3) is 0.0909. The van der Waals surface area contributed by atoms with Gasteiger partial charge >= 0.3 is 5.97 Å². The standard InChI is InChI=1S/C22H16ClNO4/c23-17-8-9-20-15(11-17)10-16(12-27-20)22(26)28-13-21(25)24-19-7-3-5-14-4-1-2-6-18(14)19/h1-11H,12-13H2,(H,24,25). The quantitative estimate of drug-likeness (QED) is 0.665. The molecule has 0 aliphatic carbocycles. The molecular weight excluding hydrogens is 378 g/mol. The second kappa shape index (κ2) is 7.74. The molecule has 1 amide bonds. The van der Waals surface area contributed by atoms with Crippen molar-refractivity contribution in [2.75, 3.05) is 18.5 Å². The van der Waals surface area contributed by atoms with E-state index < -0.39 is 11.9 Å². The summed E-state index contributed by atoms with van der Waals surface area (Å²) >= 11 is 5.97. The van der Waals surface area contributed by atoms with Gasteiger partial charge < -0.3 is 14.8 Å². The van der Waals surface area contributed by atoms with Gasteiger partial charge in [0, 0.05) is 21.7 Å². The molecule has 1 aliphatic heterocycles. The van der Waals surface area contributed by atoms with Gasteiger partial charge in [0.05, 0.1) is 5.57 Å². The molecule has 0 spiro atoms. The summed E-state index contributed by atoms with van der Waals surface area (Å²) in [6.07, 6.45) is 1.66. The van der Waals surface area contributed by atoms with Crippen molar-refractivity contribution >= 4 is 46.0 Å². The predicted molar refractivity (Wildman–Crippen MR) is 108 cm³/mol. The first-order valence-electron chi connectivity index (χ1n) is 8.68. The van der Waals surface area contributed by atoms with Crippen LogP contribution < -0.4 is 10.1 Å². The van der Waals surface area contributed by atoms with Crippen LogP contribution in [0.3, 0.4) is 0 Å². The summed E-state index contributed by atoms with van der Waals surface area (Å²) in [6.45, 7) is -0.305. The second-order valence-corrected chi connectivity index (χ2v) is 6.73. The van der Waals surface area contributed by atoms with Crippen molar-refractivity contribution in [2.24, 2.45) is 0 Å². The minimum absolute atomic E-state index is 0.0818. The molecule has 0 radical (unpaired) electrons. The minimum atomic E-state index is -0.598. The number of rotatable bonds is 4. The first kappa shape index (κ1) is 18.1. The average molecular weight is 394 g/mol. The minimum Gasteiger partial charge on any atom is -0.488 e. The summed E-state index contributed by atoms with van der Waals surface area (Å²) in [5, 5.41) is 5.26. The summed E-state index contributed by atoms with van der Waals surface area (Å²) in [5.41, 5.74) is 1.70. The molecule has 0 fully saturated rings. The topological polar surface area (TPSA) is 64.6 Å². The lowest BCUT2D eigenvalue weighted by atomic mass is 10.1. The number of carbonyl (C=O) groups excluding carboxylic acids is 2. The number of ether oxygens (including phenoxy) is 2. The van der Waals surface area contributed by atoms with Crippen LogP contribution in [0.4, 0.5) is 5.69 Å². The van der Waals surface area contributed by atoms with Gasteiger partial charge in [0.15, 0.2) is 6.61 Å². The van der Waals surface area contributed by atoms with Gasteiger partial charge in [-0.1, -0.05) is 48.0 Å². The monoisotopic (exact) mass is 393 g/mol. The number of halogens is 1. The summed E-state index contributed by atoms with van der Waals surface area (Å²) in [4.78, 5) is 24.5. The summed E-state index contributed by atoms with van der Waals surface area (Å²) in [7, 11) is 0. The fourth-order valence-electron chi connectivity index (χ4n) is 3.01. The first-order chi connectivity index (χ1) is 13.6. The molecule has 1 heterocycles. The van der Waals surface area contributed by atoms with Crippen LogP contribution in [-0.4, -0.2) is 25.1 Å². The molecule has 0 saturated heterocycles. The summed E-state index contributed by atoms with van der Waals surface area (Å²) in [5.74, 6) is -0.362. The van der Waals surface area contributed by atoms with E-state index >= 15 is 0 Å². The number of esters is 1. The zero-order valence-corrected chi connectivity index (χ0v) is 15.5. The maximum absolute atomic E-state index is 12.3. The van der Waals surface area contributed by atoms with Gasteiger partial charge in [0.2, 0.25) is 0 Å². The Labute approximate surface area is 166 Å². The Hall–Kier alpha value is -3.31. The molecule has 6 heteroatoms. The lowest BCUT2D eigenvalue weighted by Crippen LogP contribution is -2.24. The number of hydrogen-bond donors (Lipinski definition) is 1. The smallest absolute Gasteiger partial charge is 0.338 e. The lowest BCUT2D eigenvalue weighted by Gasteiger charge is -2.17. The third-order valence-electron chi connectivity index (χ3n) is 4.35. The largest absolute Gasteiger partial charge is 0.488 e. The molecule has 1 aliphatic rings. The summed E-state index contributed by atoms with van der Waals surface area (Å²) < 4.78 is 10.7. The van der Waals surface area contributed by atoms with Crippen molar-refractivity contribution in [2.45, 2.75) is 0 Å². The summed E-state index contributed by atoms with van der Waals surface area (Å²) in [6, 6.07) is 18.5. The third kappa shape index (κ3) is 3.85. The van der Waals surface area contributed by atoms with Crippen molar-refractivity contribution in [1.29, 1.82) is 0 Å². The van der Waals surface area contributed by atoms with Crippen LogP contribution >= 0.6 is 11.6 Å². The number of carbonyl (C=O) groups is 2. The van der Waals surface area contributed by atoms with Gasteiger partial charge in [0.1, 0.15) is 12.4 Å². The van der Waals surface area contributed by atoms with Crippen LogP contribution in [-0.2, 0) is 14.3 Å². The van der Waals surface area contributed by atoms with Gasteiger partial charge in [-0.3, -0.25) is 4.79 Å². The van der Waals surface area contributed by atoms with E-state index in [1.807, 2.05) is 36.4 Å². The van der Waals surface area contributed by atoms with E-state index in [1.54, 1.807) is 30.3 Å². The molecule has 0 unspecified atom stereocenters. The number of amides is 1. The van der Waals surface area contributed by atoms with E-state index in [9.17, 15) is 9.59 Å². The molecular formula is C22H16ClNO4. The van der Waals surface area contributed by atoms with Crippen LogP contribution in [0.2, 0.25) is 5.02 Å². The number of benzene rings is 3. The Morgan fingerprint density at radius 1 is 1.07 bits per heavy atom. The lowest BCUT2D eigenvalue weighted by molar-refractivity contribution is -0.143. The number of hydrogen-bond acceptors (Lipinski definition) is 4. The Morgan fingerprint density at radius 2 is 1.89 bits per heavy atom. The van der Waals surface area contributed by atoms with Crippen LogP contribution in [0.1, 0.15) is 5.56 Å². The Bertz CT molecular complexity index is 1100. The van der Waals surface area contributed by atoms with Crippen LogP contribution in [0.5, 0.6) is 5.75 Å². The van der Waals surface area contributed by atoms with E-state index in [0.717, 1.165) is 10.8 Å². The van der Waals surface area contributed by atoms with Crippen molar-refractivity contribution in [3.8, 4) is 5.75 Å². The van der Waals surface area contributed by atoms with E-state index in [-0.39, 0.29) is 13.2 Å². The zero-order valence-electron chi connectivity index (χ0n) is 14.8. The molecule has 0 bridgehead atoms. The Morgan fingerprint density at radius 3 is 2.79 bits per heavy atom. The molecule has 0 saturated carbocycles. The molecule has 5 nitrogen and oxygen atoms in total. The van der Waals surface area contributed by atoms with Gasteiger partial charge in [-0.15, -0.1) is 0 Å². The maximum Gasteiger partial charge on any atom is 0.338 e. The van der Waals surface area contributed by atoms with E-state index in [2.05, 4.69) is 5.32 Å². The molecule has 140 valence electrons. The van der Waals surface area contributed by atoms with Crippen molar-refractivity contribution < 1.29 is 19.1 Å². The van der Waals surface area contributed by atoms with Gasteiger partial charge in [0.25, 0.3) is 5.91 Å². The fourth-order valence-corrected chi connectivity index (χ4v) is 3.19. The van der Waals surface area contributed by atoms with Crippen LogP contribution in [0, 0.1) is 0 Å². The third-order valence-corrected chi connectivity index (χ3v) is 4.58. The molecule has 3 aromatic rings. The highest BCUT2D eigenvalue weighted by Gasteiger charge is 2.19. The zero-order chi connectivity index (χ0) is 19.5. The molecule has 28 heavy (non-hydrogen) atoms. The number of nitrogens with one attached hydrogen (secondary N) is 1. The predicted octanol–water partition coefficient (Wildman–Crippen LogP) is 4.45. The van der Waals surface area contributed by atoms with Gasteiger partial charge in [-0.2, -0.15) is 0 Å². The number of anilines is 1. The number of fused-ring (bicyclic) bond motifs is 2. The van der Waals surface area contributed by atoms with Crippen LogP contribution in [0.25, 0.3) is 16.8 Å². The Kier molecular flexibility index (Phi) is 5.00. The average Bonchev–Trinajstić information content (AvgIpc) is 2.71. The normalized spacial score (nSPS) is 12.5. The molecule has 1 N–H and O–H groups in total. The second-order valence-electron chi connectivity index (χ2n) is 6.29. The van der Waals surface area contributed by atoms with E-state index in [1.165, 1.54) is 0 Å². The molecule has 0 atom stereocenters. The van der Waals surface area contributed by atoms with Crippen LogP contribution in [0.15, 0.2) is 66.2 Å². The highest BCUT2D eigenvalue weighted by molar-refractivity contribution is 6.30. The molecule has 3 aromatic carbocycles. The van der Waals surface area contributed by atoms with Gasteiger partial charge in [-0.05, 0) is 35.7 Å². The van der Waals surface area contributed by atoms with E-state index in [4.69, 9.17) is 21.1 Å². The van der Waals surface area contributed by atoms with Gasteiger partial charge in [-0.25, -0.2) is 4.79 Å². The maximum atomic E-state index is 12.3. The van der Waals surface area contributed by atoms with Crippen molar-refractivity contribution in [1.82, 2.24) is 0 Å². The molecule has 0 aromatic heterocycles. The molecule has 4 rings (SSSR count). The van der Waals surface area contributed by atoms with E-state index in [0.29, 0.717) is 27.6 Å². The SMILES string of the molecule is O=C(COC(=O)C1=Cc2cc(Cl)ccc2OC1)Nc1cccc2ccccc12.